The molecule has 0 saturated carbocycles. The summed E-state index contributed by atoms with van der Waals surface area (Å²) in [5.41, 5.74) is -0.511. The standard InChI is InChI=1S/C13H24N2O3S/c1-13(2,3)10(11(16)17)15-12(18)14-8-9-6-4-5-7-19-9/h9-10H,4-8H2,1-3H3,(H,16,17)(H2,14,15,18)/t9?,10-/m1/s1. The van der Waals surface area contributed by atoms with Gasteiger partial charge >= 0.3 is 12.0 Å². The van der Waals surface area contributed by atoms with Crippen molar-refractivity contribution < 1.29 is 14.7 Å². The number of rotatable bonds is 4. The van der Waals surface area contributed by atoms with Crippen molar-refractivity contribution >= 4 is 23.8 Å². The maximum atomic E-state index is 11.8. The molecule has 2 amide bonds. The van der Waals surface area contributed by atoms with Gasteiger partial charge in [-0.3, -0.25) is 0 Å². The molecule has 5 nitrogen and oxygen atoms in total. The zero-order valence-corrected chi connectivity index (χ0v) is 12.7. The highest BCUT2D eigenvalue weighted by Gasteiger charge is 2.32. The topological polar surface area (TPSA) is 78.4 Å². The Kier molecular flexibility index (Phi) is 5.97. The molecule has 1 fully saturated rings. The number of amides is 2. The number of hydrogen-bond acceptors (Lipinski definition) is 3. The predicted molar refractivity (Wildman–Crippen MR) is 77.5 cm³/mol. The Hall–Kier alpha value is -0.910. The lowest BCUT2D eigenvalue weighted by atomic mass is 9.87. The third-order valence-electron chi connectivity index (χ3n) is 3.15. The molecule has 110 valence electrons. The SMILES string of the molecule is CC(C)(C)[C@H](NC(=O)NCC1CCCCS1)C(=O)O. The van der Waals surface area contributed by atoms with E-state index in [1.54, 1.807) is 20.8 Å². The minimum atomic E-state index is -1.00. The fourth-order valence-electron chi connectivity index (χ4n) is 2.01. The van der Waals surface area contributed by atoms with Crippen molar-refractivity contribution in [2.45, 2.75) is 51.3 Å². The Morgan fingerprint density at radius 3 is 2.53 bits per heavy atom. The number of thioether (sulfide) groups is 1. The Labute approximate surface area is 118 Å². The summed E-state index contributed by atoms with van der Waals surface area (Å²) in [7, 11) is 0. The summed E-state index contributed by atoms with van der Waals surface area (Å²) >= 11 is 1.88. The average Bonchev–Trinajstić information content (AvgIpc) is 2.33. The second kappa shape index (κ2) is 7.03. The maximum absolute atomic E-state index is 11.8. The Morgan fingerprint density at radius 2 is 2.05 bits per heavy atom. The summed E-state index contributed by atoms with van der Waals surface area (Å²) in [6.45, 7) is 5.99. The van der Waals surface area contributed by atoms with Crippen LogP contribution in [0.5, 0.6) is 0 Å². The number of carboxylic acids is 1. The van der Waals surface area contributed by atoms with Gasteiger partial charge in [0.05, 0.1) is 0 Å². The van der Waals surface area contributed by atoms with Crippen LogP contribution in [0.3, 0.4) is 0 Å². The summed E-state index contributed by atoms with van der Waals surface area (Å²) in [6.07, 6.45) is 3.58. The number of nitrogens with one attached hydrogen (secondary N) is 2. The third kappa shape index (κ3) is 5.72. The number of carbonyl (C=O) groups is 2. The Bertz CT molecular complexity index is 322. The van der Waals surface area contributed by atoms with Gasteiger partial charge in [0.1, 0.15) is 6.04 Å². The lowest BCUT2D eigenvalue weighted by Gasteiger charge is -2.28. The van der Waals surface area contributed by atoms with Gasteiger partial charge in [-0.2, -0.15) is 11.8 Å². The molecule has 0 aromatic carbocycles. The number of hydrogen-bond donors (Lipinski definition) is 3. The normalized spacial score (nSPS) is 21.5. The molecule has 0 spiro atoms. The maximum Gasteiger partial charge on any atom is 0.326 e. The van der Waals surface area contributed by atoms with Crippen LogP contribution < -0.4 is 10.6 Å². The highest BCUT2D eigenvalue weighted by molar-refractivity contribution is 7.99. The molecule has 1 unspecified atom stereocenters. The molecule has 0 aromatic heterocycles. The van der Waals surface area contributed by atoms with Crippen molar-refractivity contribution in [3.63, 3.8) is 0 Å². The molecule has 19 heavy (non-hydrogen) atoms. The van der Waals surface area contributed by atoms with Crippen LogP contribution in [-0.4, -0.2) is 40.7 Å². The van der Waals surface area contributed by atoms with E-state index in [9.17, 15) is 9.59 Å². The van der Waals surface area contributed by atoms with Gasteiger partial charge in [-0.25, -0.2) is 9.59 Å². The number of urea groups is 1. The van der Waals surface area contributed by atoms with Crippen molar-refractivity contribution in [1.29, 1.82) is 0 Å². The quantitative estimate of drug-likeness (QED) is 0.740. The highest BCUT2D eigenvalue weighted by atomic mass is 32.2. The molecule has 1 aliphatic heterocycles. The summed E-state index contributed by atoms with van der Waals surface area (Å²) in [4.78, 5) is 22.9. The highest BCUT2D eigenvalue weighted by Crippen LogP contribution is 2.24. The largest absolute Gasteiger partial charge is 0.480 e. The lowest BCUT2D eigenvalue weighted by Crippen LogP contribution is -2.53. The van der Waals surface area contributed by atoms with Crippen LogP contribution in [0.2, 0.25) is 0 Å². The molecule has 0 bridgehead atoms. The van der Waals surface area contributed by atoms with Crippen molar-refractivity contribution in [2.24, 2.45) is 5.41 Å². The molecule has 2 atom stereocenters. The molecule has 0 aliphatic carbocycles. The fraction of sp³-hybridized carbons (Fsp3) is 0.846. The van der Waals surface area contributed by atoms with E-state index >= 15 is 0 Å². The number of aliphatic carboxylic acids is 1. The van der Waals surface area contributed by atoms with Crippen molar-refractivity contribution in [1.82, 2.24) is 10.6 Å². The predicted octanol–water partition coefficient (Wildman–Crippen LogP) is 2.07. The van der Waals surface area contributed by atoms with Gasteiger partial charge in [-0.1, -0.05) is 27.2 Å². The lowest BCUT2D eigenvalue weighted by molar-refractivity contribution is -0.141. The molecule has 1 saturated heterocycles. The van der Waals surface area contributed by atoms with Crippen LogP contribution in [0.25, 0.3) is 0 Å². The zero-order chi connectivity index (χ0) is 14.5. The van der Waals surface area contributed by atoms with Crippen LogP contribution in [0.4, 0.5) is 4.79 Å². The molecule has 6 heteroatoms. The van der Waals surface area contributed by atoms with E-state index in [0.29, 0.717) is 11.8 Å². The first-order valence-corrected chi connectivity index (χ1v) is 7.74. The van der Waals surface area contributed by atoms with Gasteiger partial charge in [0.15, 0.2) is 0 Å². The first-order valence-electron chi connectivity index (χ1n) is 6.69. The van der Waals surface area contributed by atoms with E-state index in [1.165, 1.54) is 12.8 Å². The van der Waals surface area contributed by atoms with E-state index in [-0.39, 0.29) is 0 Å². The molecule has 1 heterocycles. The molecule has 0 aromatic rings. The summed E-state index contributed by atoms with van der Waals surface area (Å²) in [5, 5.41) is 14.9. The van der Waals surface area contributed by atoms with E-state index in [2.05, 4.69) is 10.6 Å². The van der Waals surface area contributed by atoms with Crippen LogP contribution in [-0.2, 0) is 4.79 Å². The molecule has 3 N–H and O–H groups in total. The van der Waals surface area contributed by atoms with Gasteiger partial charge in [0.2, 0.25) is 0 Å². The third-order valence-corrected chi connectivity index (χ3v) is 4.55. The van der Waals surface area contributed by atoms with Gasteiger partial charge in [-0.15, -0.1) is 0 Å². The van der Waals surface area contributed by atoms with E-state index in [4.69, 9.17) is 5.11 Å². The van der Waals surface area contributed by atoms with Crippen molar-refractivity contribution in [3.05, 3.63) is 0 Å². The first kappa shape index (κ1) is 16.1. The second-order valence-corrected chi connectivity index (χ2v) is 7.39. The van der Waals surface area contributed by atoms with Gasteiger partial charge in [-0.05, 0) is 24.0 Å². The van der Waals surface area contributed by atoms with Gasteiger partial charge < -0.3 is 15.7 Å². The first-order chi connectivity index (χ1) is 8.80. The van der Waals surface area contributed by atoms with Crippen LogP contribution in [0.1, 0.15) is 40.0 Å². The molecule has 1 rings (SSSR count). The smallest absolute Gasteiger partial charge is 0.326 e. The van der Waals surface area contributed by atoms with E-state index in [0.717, 1.165) is 12.2 Å². The van der Waals surface area contributed by atoms with Crippen LogP contribution in [0, 0.1) is 5.41 Å². The number of carboxylic acid groups (broad SMARTS) is 1. The van der Waals surface area contributed by atoms with E-state index < -0.39 is 23.5 Å². The van der Waals surface area contributed by atoms with Gasteiger partial charge in [0, 0.05) is 11.8 Å². The molecule has 1 aliphatic rings. The summed E-state index contributed by atoms with van der Waals surface area (Å²) in [5.74, 6) is 0.142. The van der Waals surface area contributed by atoms with Gasteiger partial charge in [0.25, 0.3) is 0 Å². The summed E-state index contributed by atoms with van der Waals surface area (Å²) in [6, 6.07) is -1.28. The minimum Gasteiger partial charge on any atom is -0.480 e. The fourth-order valence-corrected chi connectivity index (χ4v) is 3.24. The average molecular weight is 288 g/mol. The zero-order valence-electron chi connectivity index (χ0n) is 11.9. The summed E-state index contributed by atoms with van der Waals surface area (Å²) < 4.78 is 0. The Morgan fingerprint density at radius 1 is 1.37 bits per heavy atom. The molecule has 0 radical (unpaired) electrons. The number of carbonyl (C=O) groups excluding carboxylic acids is 1. The van der Waals surface area contributed by atoms with Crippen LogP contribution in [0.15, 0.2) is 0 Å². The van der Waals surface area contributed by atoms with Crippen molar-refractivity contribution in [3.8, 4) is 0 Å². The van der Waals surface area contributed by atoms with E-state index in [1.807, 2.05) is 11.8 Å². The minimum absolute atomic E-state index is 0.395. The molecular formula is C13H24N2O3S. The monoisotopic (exact) mass is 288 g/mol. The second-order valence-electron chi connectivity index (χ2n) is 5.98. The molecular weight excluding hydrogens is 264 g/mol. The Balaban J connectivity index is 2.38. The van der Waals surface area contributed by atoms with Crippen molar-refractivity contribution in [2.75, 3.05) is 12.3 Å². The van der Waals surface area contributed by atoms with Crippen LogP contribution >= 0.6 is 11.8 Å².